The first-order valence-corrected chi connectivity index (χ1v) is 10.3. The number of amides is 1. The molecule has 1 amide bonds. The summed E-state index contributed by atoms with van der Waals surface area (Å²) in [6, 6.07) is 7.71. The maximum absolute atomic E-state index is 14.6. The average molecular weight is 461 g/mol. The molecule has 0 spiro atoms. The number of hydrogen-bond donors (Lipinski definition) is 2. The normalized spacial score (nSPS) is 15.2. The summed E-state index contributed by atoms with van der Waals surface area (Å²) in [4.78, 5) is 18.1. The summed E-state index contributed by atoms with van der Waals surface area (Å²) < 4.78 is 34.0. The minimum Gasteiger partial charge on any atom is -0.490 e. The van der Waals surface area contributed by atoms with Gasteiger partial charge >= 0.3 is 0 Å². The van der Waals surface area contributed by atoms with Gasteiger partial charge in [0, 0.05) is 54.9 Å². The molecule has 0 aliphatic carbocycles. The van der Waals surface area contributed by atoms with Gasteiger partial charge in [-0.25, -0.2) is 13.8 Å². The van der Waals surface area contributed by atoms with Crippen molar-refractivity contribution in [3.05, 3.63) is 76.2 Å². The fourth-order valence-corrected chi connectivity index (χ4v) is 3.63. The van der Waals surface area contributed by atoms with Gasteiger partial charge in [-0.15, -0.1) is 0 Å². The third kappa shape index (κ3) is 5.03. The number of ether oxygens (including phenoxy) is 1. The summed E-state index contributed by atoms with van der Waals surface area (Å²) in [5.74, 6) is -1.51. The Kier molecular flexibility index (Phi) is 7.37. The molecule has 2 unspecified atom stereocenters. The maximum atomic E-state index is 14.6. The number of fused-ring (bicyclic) bond motifs is 1. The van der Waals surface area contributed by atoms with E-state index < -0.39 is 11.6 Å². The van der Waals surface area contributed by atoms with E-state index in [0.29, 0.717) is 30.3 Å². The topological polar surface area (TPSA) is 104 Å². The first kappa shape index (κ1) is 23.6. The van der Waals surface area contributed by atoms with E-state index >= 15 is 0 Å². The van der Waals surface area contributed by atoms with Crippen LogP contribution in [0.2, 0.25) is 5.02 Å². The van der Waals surface area contributed by atoms with Crippen LogP contribution in [0.5, 0.6) is 5.75 Å². The molecule has 1 aromatic carbocycles. The molecule has 0 saturated heterocycles. The Hall–Kier alpha value is -3.10. The molecule has 6 nitrogen and oxygen atoms in total. The van der Waals surface area contributed by atoms with E-state index in [9.17, 15) is 13.6 Å². The zero-order valence-corrected chi connectivity index (χ0v) is 18.4. The lowest BCUT2D eigenvalue weighted by atomic mass is 9.92. The van der Waals surface area contributed by atoms with Crippen molar-refractivity contribution in [1.29, 1.82) is 0 Å². The Labute approximate surface area is 189 Å². The van der Waals surface area contributed by atoms with E-state index in [-0.39, 0.29) is 28.3 Å². The minimum absolute atomic E-state index is 0.0977. The molecular weight excluding hydrogens is 438 g/mol. The molecule has 168 valence electrons. The number of halogens is 3. The van der Waals surface area contributed by atoms with Crippen LogP contribution in [0.4, 0.5) is 8.78 Å². The number of carbonyl (C=O) groups excluding carboxylic acids is 1. The van der Waals surface area contributed by atoms with Gasteiger partial charge in [-0.3, -0.25) is 9.78 Å². The van der Waals surface area contributed by atoms with Gasteiger partial charge in [0.1, 0.15) is 23.1 Å². The lowest BCUT2D eigenvalue weighted by Gasteiger charge is -2.18. The van der Waals surface area contributed by atoms with Gasteiger partial charge in [-0.05, 0) is 23.8 Å². The number of carbonyl (C=O) groups is 1. The van der Waals surface area contributed by atoms with Crippen LogP contribution in [-0.4, -0.2) is 29.0 Å². The average Bonchev–Trinajstić information content (AvgIpc) is 3.12. The number of primary amides is 1. The molecule has 0 fully saturated rings. The zero-order chi connectivity index (χ0) is 23.4. The molecule has 3 aromatic rings. The summed E-state index contributed by atoms with van der Waals surface area (Å²) in [6.07, 6.45) is 3.42. The molecule has 0 bridgehead atoms. The largest absolute Gasteiger partial charge is 0.490 e. The molecule has 1 aliphatic rings. The van der Waals surface area contributed by atoms with Crippen LogP contribution in [0.15, 0.2) is 42.7 Å². The molecule has 0 saturated carbocycles. The highest BCUT2D eigenvalue weighted by Crippen LogP contribution is 2.43. The standard InChI is InChI=1S/C21H18ClF2N3O.C2H5NO/c1-11-10-28-21-13(11)6-19(15(8-25)12-3-2-4-26-9-12)27-20(21)14-5-16(22)18(24)7-17(14)23;1-2(3)4/h2-7,9,11,15H,8,10,25H2,1H3;1H3,(H2,3,4). The Morgan fingerprint density at radius 1 is 1.31 bits per heavy atom. The molecule has 32 heavy (non-hydrogen) atoms. The number of hydrogen-bond acceptors (Lipinski definition) is 5. The predicted molar refractivity (Wildman–Crippen MR) is 119 cm³/mol. The smallest absolute Gasteiger partial charge is 0.214 e. The van der Waals surface area contributed by atoms with Crippen LogP contribution in [0.3, 0.4) is 0 Å². The summed E-state index contributed by atoms with van der Waals surface area (Å²) in [7, 11) is 0. The zero-order valence-electron chi connectivity index (χ0n) is 17.6. The van der Waals surface area contributed by atoms with E-state index in [1.54, 1.807) is 12.4 Å². The van der Waals surface area contributed by atoms with Gasteiger partial charge in [0.15, 0.2) is 0 Å². The second-order valence-corrected chi connectivity index (χ2v) is 7.86. The van der Waals surface area contributed by atoms with E-state index in [0.717, 1.165) is 17.2 Å². The van der Waals surface area contributed by atoms with E-state index in [2.05, 4.69) is 15.7 Å². The summed E-state index contributed by atoms with van der Waals surface area (Å²) in [6.45, 7) is 4.10. The van der Waals surface area contributed by atoms with Crippen molar-refractivity contribution in [1.82, 2.24) is 9.97 Å². The number of benzene rings is 1. The molecule has 0 radical (unpaired) electrons. The molecule has 3 heterocycles. The Bertz CT molecular complexity index is 1120. The molecule has 2 atom stereocenters. The Morgan fingerprint density at radius 2 is 2.03 bits per heavy atom. The number of nitrogens with zero attached hydrogens (tertiary/aromatic N) is 2. The monoisotopic (exact) mass is 460 g/mol. The number of nitrogens with two attached hydrogens (primary N) is 2. The van der Waals surface area contributed by atoms with Crippen molar-refractivity contribution >= 4 is 17.5 Å². The van der Waals surface area contributed by atoms with Gasteiger partial charge in [-0.2, -0.15) is 0 Å². The summed E-state index contributed by atoms with van der Waals surface area (Å²) in [5.41, 5.74) is 13.4. The van der Waals surface area contributed by atoms with Crippen molar-refractivity contribution in [3.63, 3.8) is 0 Å². The van der Waals surface area contributed by atoms with Crippen LogP contribution in [0.25, 0.3) is 11.3 Å². The van der Waals surface area contributed by atoms with Crippen molar-refractivity contribution < 1.29 is 18.3 Å². The Balaban J connectivity index is 0.000000668. The van der Waals surface area contributed by atoms with E-state index in [4.69, 9.17) is 22.1 Å². The second kappa shape index (κ2) is 10.0. The number of pyridine rings is 2. The van der Waals surface area contributed by atoms with Crippen LogP contribution < -0.4 is 16.2 Å². The first-order chi connectivity index (χ1) is 15.2. The van der Waals surface area contributed by atoms with E-state index in [1.165, 1.54) is 13.0 Å². The van der Waals surface area contributed by atoms with Crippen molar-refractivity contribution in [3.8, 4) is 17.0 Å². The van der Waals surface area contributed by atoms with E-state index in [1.807, 2.05) is 25.1 Å². The third-order valence-corrected chi connectivity index (χ3v) is 5.26. The maximum Gasteiger partial charge on any atom is 0.214 e. The molecular formula is C23H23ClF2N4O2. The van der Waals surface area contributed by atoms with Crippen LogP contribution >= 0.6 is 11.6 Å². The van der Waals surface area contributed by atoms with Crippen molar-refractivity contribution in [2.75, 3.05) is 13.2 Å². The number of rotatable bonds is 4. The van der Waals surface area contributed by atoms with Crippen molar-refractivity contribution in [2.45, 2.75) is 25.7 Å². The molecule has 2 aromatic heterocycles. The SMILES string of the molecule is CC(N)=O.CC1COc2c1cc(C(CN)c1cccnc1)nc2-c1cc(Cl)c(F)cc1F. The highest BCUT2D eigenvalue weighted by molar-refractivity contribution is 6.31. The third-order valence-electron chi connectivity index (χ3n) is 4.97. The van der Waals surface area contributed by atoms with Gasteiger partial charge in [0.25, 0.3) is 0 Å². The lowest BCUT2D eigenvalue weighted by molar-refractivity contribution is -0.115. The molecule has 4 rings (SSSR count). The van der Waals surface area contributed by atoms with Crippen LogP contribution in [0, 0.1) is 11.6 Å². The van der Waals surface area contributed by atoms with Gasteiger partial charge in [0.2, 0.25) is 5.91 Å². The fraction of sp³-hybridized carbons (Fsp3) is 0.261. The highest BCUT2D eigenvalue weighted by atomic mass is 35.5. The summed E-state index contributed by atoms with van der Waals surface area (Å²) >= 11 is 5.90. The van der Waals surface area contributed by atoms with Crippen LogP contribution in [0.1, 0.15) is 42.5 Å². The predicted octanol–water partition coefficient (Wildman–Crippen LogP) is 4.15. The second-order valence-electron chi connectivity index (χ2n) is 7.46. The van der Waals surface area contributed by atoms with Gasteiger partial charge in [0.05, 0.1) is 17.3 Å². The highest BCUT2D eigenvalue weighted by Gasteiger charge is 2.29. The first-order valence-electron chi connectivity index (χ1n) is 9.91. The quantitative estimate of drug-likeness (QED) is 0.569. The lowest BCUT2D eigenvalue weighted by Crippen LogP contribution is -2.16. The molecule has 1 aliphatic heterocycles. The van der Waals surface area contributed by atoms with Crippen LogP contribution in [-0.2, 0) is 4.79 Å². The van der Waals surface area contributed by atoms with Gasteiger partial charge in [-0.1, -0.05) is 24.6 Å². The fourth-order valence-electron chi connectivity index (χ4n) is 3.46. The minimum atomic E-state index is -0.819. The van der Waals surface area contributed by atoms with Crippen molar-refractivity contribution in [2.24, 2.45) is 11.5 Å². The molecule has 9 heteroatoms. The Morgan fingerprint density at radius 3 is 2.66 bits per heavy atom. The summed E-state index contributed by atoms with van der Waals surface area (Å²) in [5, 5.41) is -0.175. The van der Waals surface area contributed by atoms with Gasteiger partial charge < -0.3 is 16.2 Å². The molecule has 4 N–H and O–H groups in total. The number of aromatic nitrogens is 2.